The third-order valence-corrected chi connectivity index (χ3v) is 3.00. The first kappa shape index (κ1) is 10.9. The lowest BCUT2D eigenvalue weighted by atomic mass is 10.3. The van der Waals surface area contributed by atoms with E-state index < -0.39 is 0 Å². The molecule has 1 aromatic heterocycles. The molecule has 1 aromatic carbocycles. The van der Waals surface area contributed by atoms with E-state index in [1.54, 1.807) is 11.4 Å². The van der Waals surface area contributed by atoms with Crippen molar-refractivity contribution in [1.29, 1.82) is 0 Å². The van der Waals surface area contributed by atoms with Crippen molar-refractivity contribution < 1.29 is 9.50 Å². The number of nitrogens with zero attached hydrogens (tertiary/aromatic N) is 2. The summed E-state index contributed by atoms with van der Waals surface area (Å²) in [5.74, 6) is -0.286. The van der Waals surface area contributed by atoms with Crippen LogP contribution < -0.4 is 4.90 Å². The normalized spacial score (nSPS) is 10.4. The Morgan fingerprint density at radius 3 is 2.88 bits per heavy atom. The molecular weight excluding hydrogens is 227 g/mol. The Labute approximate surface area is 96.8 Å². The molecular formula is C11H11FN2OS. The number of hydrogen-bond acceptors (Lipinski definition) is 4. The summed E-state index contributed by atoms with van der Waals surface area (Å²) in [5.41, 5.74) is 0.733. The van der Waals surface area contributed by atoms with Crippen molar-refractivity contribution >= 4 is 22.2 Å². The van der Waals surface area contributed by atoms with Crippen molar-refractivity contribution in [2.24, 2.45) is 0 Å². The fraction of sp³-hybridized carbons (Fsp3) is 0.182. The van der Waals surface area contributed by atoms with Gasteiger partial charge < -0.3 is 10.0 Å². The molecule has 0 bridgehead atoms. The second-order valence-electron chi connectivity index (χ2n) is 3.21. The van der Waals surface area contributed by atoms with Gasteiger partial charge in [-0.2, -0.15) is 4.98 Å². The summed E-state index contributed by atoms with van der Waals surface area (Å²) in [6, 6.07) is 6.31. The Morgan fingerprint density at radius 1 is 1.50 bits per heavy atom. The maximum Gasteiger partial charge on any atom is 0.223 e. The molecule has 16 heavy (non-hydrogen) atoms. The zero-order chi connectivity index (χ0) is 11.5. The summed E-state index contributed by atoms with van der Waals surface area (Å²) < 4.78 is 13.1. The summed E-state index contributed by atoms with van der Waals surface area (Å²) in [6.07, 6.45) is 0. The Kier molecular flexibility index (Phi) is 3.05. The van der Waals surface area contributed by atoms with Gasteiger partial charge in [-0.3, -0.25) is 0 Å². The highest BCUT2D eigenvalue weighted by Crippen LogP contribution is 2.30. The van der Waals surface area contributed by atoms with Crippen molar-refractivity contribution in [3.63, 3.8) is 0 Å². The Bertz CT molecular complexity index is 486. The Hall–Kier alpha value is -1.62. The number of aromatic nitrogens is 1. The molecule has 0 saturated heterocycles. The van der Waals surface area contributed by atoms with E-state index in [4.69, 9.17) is 0 Å². The topological polar surface area (TPSA) is 36.4 Å². The Balaban J connectivity index is 2.36. The van der Waals surface area contributed by atoms with Crippen LogP contribution in [0.3, 0.4) is 0 Å². The number of hydrogen-bond donors (Lipinski definition) is 1. The number of anilines is 2. The first-order valence-corrected chi connectivity index (χ1v) is 5.76. The lowest BCUT2D eigenvalue weighted by molar-refractivity contribution is 0.457. The highest BCUT2D eigenvalue weighted by atomic mass is 32.1. The molecule has 0 fully saturated rings. The van der Waals surface area contributed by atoms with Gasteiger partial charge in [0.2, 0.25) is 5.88 Å². The molecule has 0 atom stereocenters. The predicted octanol–water partition coefficient (Wildman–Crippen LogP) is 3.15. The molecule has 2 rings (SSSR count). The third kappa shape index (κ3) is 2.14. The van der Waals surface area contributed by atoms with Crippen molar-refractivity contribution in [3.05, 3.63) is 35.5 Å². The molecule has 0 saturated carbocycles. The van der Waals surface area contributed by atoms with Crippen LogP contribution in [-0.4, -0.2) is 16.6 Å². The van der Waals surface area contributed by atoms with Gasteiger partial charge in [-0.1, -0.05) is 6.07 Å². The SMILES string of the molecule is CCN(c1cccc(F)c1)c1nc(O)cs1. The zero-order valence-electron chi connectivity index (χ0n) is 8.72. The molecule has 0 aliphatic heterocycles. The molecule has 0 unspecified atom stereocenters. The number of rotatable bonds is 3. The minimum Gasteiger partial charge on any atom is -0.493 e. The average molecular weight is 238 g/mol. The van der Waals surface area contributed by atoms with Gasteiger partial charge in [0, 0.05) is 12.2 Å². The van der Waals surface area contributed by atoms with E-state index in [0.717, 1.165) is 5.69 Å². The van der Waals surface area contributed by atoms with Crippen molar-refractivity contribution in [1.82, 2.24) is 4.98 Å². The largest absolute Gasteiger partial charge is 0.493 e. The van der Waals surface area contributed by atoms with E-state index in [9.17, 15) is 9.50 Å². The molecule has 84 valence electrons. The first-order valence-electron chi connectivity index (χ1n) is 4.88. The van der Waals surface area contributed by atoms with E-state index in [1.165, 1.54) is 23.5 Å². The van der Waals surface area contributed by atoms with Gasteiger partial charge in [-0.15, -0.1) is 11.3 Å². The number of halogens is 1. The maximum absolute atomic E-state index is 13.1. The van der Waals surface area contributed by atoms with Gasteiger partial charge in [0.25, 0.3) is 0 Å². The second-order valence-corrected chi connectivity index (χ2v) is 4.05. The van der Waals surface area contributed by atoms with E-state index in [-0.39, 0.29) is 11.7 Å². The van der Waals surface area contributed by atoms with E-state index in [0.29, 0.717) is 11.7 Å². The van der Waals surface area contributed by atoms with Gasteiger partial charge in [-0.25, -0.2) is 4.39 Å². The van der Waals surface area contributed by atoms with Crippen molar-refractivity contribution in [3.8, 4) is 5.88 Å². The third-order valence-electron chi connectivity index (χ3n) is 2.15. The number of thiazole rings is 1. The van der Waals surface area contributed by atoms with Gasteiger partial charge in [0.15, 0.2) is 5.13 Å². The number of aromatic hydroxyl groups is 1. The van der Waals surface area contributed by atoms with Gasteiger partial charge in [0.1, 0.15) is 5.82 Å². The summed E-state index contributed by atoms with van der Waals surface area (Å²) >= 11 is 1.33. The standard InChI is InChI=1S/C11H11FN2OS/c1-2-14(11-13-10(15)7-16-11)9-5-3-4-8(12)6-9/h3-7,15H,2H2,1H3. The molecule has 0 aliphatic rings. The monoisotopic (exact) mass is 238 g/mol. The molecule has 1 N–H and O–H groups in total. The summed E-state index contributed by atoms with van der Waals surface area (Å²) in [4.78, 5) is 5.81. The minimum absolute atomic E-state index is 0.00477. The molecule has 0 aliphatic carbocycles. The second kappa shape index (κ2) is 4.49. The van der Waals surface area contributed by atoms with Crippen LogP contribution in [0.4, 0.5) is 15.2 Å². The molecule has 1 heterocycles. The maximum atomic E-state index is 13.1. The molecule has 2 aromatic rings. The first-order chi connectivity index (χ1) is 7.70. The van der Waals surface area contributed by atoms with E-state index >= 15 is 0 Å². The van der Waals surface area contributed by atoms with Crippen LogP contribution in [0, 0.1) is 5.82 Å². The lowest BCUT2D eigenvalue weighted by Crippen LogP contribution is -2.15. The molecule has 0 spiro atoms. The highest BCUT2D eigenvalue weighted by Gasteiger charge is 2.11. The fourth-order valence-corrected chi connectivity index (χ4v) is 2.22. The van der Waals surface area contributed by atoms with Gasteiger partial charge >= 0.3 is 0 Å². The van der Waals surface area contributed by atoms with Crippen LogP contribution in [-0.2, 0) is 0 Å². The minimum atomic E-state index is -0.281. The summed E-state index contributed by atoms with van der Waals surface area (Å²) in [7, 11) is 0. The quantitative estimate of drug-likeness (QED) is 0.892. The van der Waals surface area contributed by atoms with Crippen molar-refractivity contribution in [2.75, 3.05) is 11.4 Å². The smallest absolute Gasteiger partial charge is 0.223 e. The van der Waals surface area contributed by atoms with Gasteiger partial charge in [0.05, 0.1) is 5.38 Å². The fourth-order valence-electron chi connectivity index (χ4n) is 1.45. The summed E-state index contributed by atoms with van der Waals surface area (Å²) in [5, 5.41) is 11.4. The Morgan fingerprint density at radius 2 is 2.31 bits per heavy atom. The van der Waals surface area contributed by atoms with Crippen LogP contribution in [0.15, 0.2) is 29.6 Å². The lowest BCUT2D eigenvalue weighted by Gasteiger charge is -2.19. The molecule has 3 nitrogen and oxygen atoms in total. The van der Waals surface area contributed by atoms with Crippen LogP contribution in [0.25, 0.3) is 0 Å². The zero-order valence-corrected chi connectivity index (χ0v) is 9.54. The molecule has 5 heteroatoms. The number of benzene rings is 1. The molecule has 0 amide bonds. The molecule has 0 radical (unpaired) electrons. The van der Waals surface area contributed by atoms with E-state index in [1.807, 2.05) is 17.9 Å². The van der Waals surface area contributed by atoms with Gasteiger partial charge in [-0.05, 0) is 25.1 Å². The van der Waals surface area contributed by atoms with Crippen LogP contribution in [0.1, 0.15) is 6.92 Å². The van der Waals surface area contributed by atoms with Crippen LogP contribution in [0.5, 0.6) is 5.88 Å². The van der Waals surface area contributed by atoms with Crippen molar-refractivity contribution in [2.45, 2.75) is 6.92 Å². The predicted molar refractivity (Wildman–Crippen MR) is 62.9 cm³/mol. The van der Waals surface area contributed by atoms with Crippen LogP contribution >= 0.6 is 11.3 Å². The highest BCUT2D eigenvalue weighted by molar-refractivity contribution is 7.14. The van der Waals surface area contributed by atoms with Crippen LogP contribution in [0.2, 0.25) is 0 Å². The summed E-state index contributed by atoms with van der Waals surface area (Å²) in [6.45, 7) is 2.61. The van der Waals surface area contributed by atoms with E-state index in [2.05, 4.69) is 4.98 Å². The average Bonchev–Trinajstić information content (AvgIpc) is 2.66.